The van der Waals surface area contributed by atoms with Gasteiger partial charge in [0.05, 0.1) is 17.3 Å². The maximum absolute atomic E-state index is 13.7. The van der Waals surface area contributed by atoms with Gasteiger partial charge in [0, 0.05) is 0 Å². The molecule has 0 aliphatic rings. The first kappa shape index (κ1) is 14.7. The minimum atomic E-state index is -0.549. The third-order valence-corrected chi connectivity index (χ3v) is 2.78. The summed E-state index contributed by atoms with van der Waals surface area (Å²) in [6.07, 6.45) is 0. The van der Waals surface area contributed by atoms with Gasteiger partial charge in [-0.1, -0.05) is 36.6 Å². The van der Waals surface area contributed by atoms with Crippen molar-refractivity contribution in [2.45, 2.75) is 20.4 Å². The average molecular weight is 299 g/mol. The summed E-state index contributed by atoms with van der Waals surface area (Å²) in [5.74, 6) is 0.429. The Morgan fingerprint density at radius 2 is 2.15 bits per heavy atom. The van der Waals surface area contributed by atoms with E-state index in [0.717, 1.165) is 6.54 Å². The highest BCUT2D eigenvalue weighted by Gasteiger charge is 2.10. The Bertz CT molecular complexity index is 573. The fourth-order valence-corrected chi connectivity index (χ4v) is 1.73. The number of benzene rings is 1. The van der Waals surface area contributed by atoms with E-state index >= 15 is 0 Å². The number of nitrogens with zero attached hydrogens (tertiary/aromatic N) is 2. The molecule has 0 bridgehead atoms. The number of nitrogens with one attached hydrogen (secondary N) is 2. The van der Waals surface area contributed by atoms with E-state index in [2.05, 4.69) is 34.7 Å². The number of hydrogen-bond donors (Lipinski definition) is 2. The van der Waals surface area contributed by atoms with Gasteiger partial charge in [0.2, 0.25) is 5.89 Å². The second kappa shape index (κ2) is 6.67. The van der Waals surface area contributed by atoms with E-state index in [1.807, 2.05) is 0 Å². The molecule has 0 unspecified atom stereocenters. The fourth-order valence-electron chi connectivity index (χ4n) is 1.56. The van der Waals surface area contributed by atoms with Gasteiger partial charge in [0.1, 0.15) is 0 Å². The van der Waals surface area contributed by atoms with Gasteiger partial charge in [0.15, 0.2) is 5.82 Å². The van der Waals surface area contributed by atoms with Crippen molar-refractivity contribution in [3.8, 4) is 0 Å². The van der Waals surface area contributed by atoms with E-state index in [0.29, 0.717) is 18.4 Å². The lowest BCUT2D eigenvalue weighted by molar-refractivity contribution is 0.460. The zero-order chi connectivity index (χ0) is 14.5. The highest BCUT2D eigenvalue weighted by atomic mass is 35.5. The van der Waals surface area contributed by atoms with Crippen LogP contribution in [-0.4, -0.2) is 16.7 Å². The normalized spacial score (nSPS) is 11.1. The Hall–Kier alpha value is -1.66. The van der Waals surface area contributed by atoms with Crippen LogP contribution >= 0.6 is 11.6 Å². The van der Waals surface area contributed by atoms with Crippen molar-refractivity contribution >= 4 is 23.3 Å². The van der Waals surface area contributed by atoms with Crippen LogP contribution in [0.5, 0.6) is 0 Å². The van der Waals surface area contributed by atoms with Crippen LogP contribution in [0.25, 0.3) is 0 Å². The topological polar surface area (TPSA) is 63.0 Å². The van der Waals surface area contributed by atoms with Crippen LogP contribution < -0.4 is 10.6 Å². The summed E-state index contributed by atoms with van der Waals surface area (Å²) < 4.78 is 19.0. The zero-order valence-electron chi connectivity index (χ0n) is 11.3. The van der Waals surface area contributed by atoms with Crippen LogP contribution in [0.2, 0.25) is 5.02 Å². The Morgan fingerprint density at radius 3 is 2.90 bits per heavy atom. The molecule has 0 saturated heterocycles. The Balaban J connectivity index is 1.97. The summed E-state index contributed by atoms with van der Waals surface area (Å²) in [6.45, 7) is 5.55. The molecule has 1 aromatic carbocycles. The first-order chi connectivity index (χ1) is 9.56. The molecular weight excluding hydrogens is 283 g/mol. The molecule has 20 heavy (non-hydrogen) atoms. The van der Waals surface area contributed by atoms with E-state index in [4.69, 9.17) is 16.0 Å². The smallest absolute Gasteiger partial charge is 0.320 e. The average Bonchev–Trinajstić information content (AvgIpc) is 2.82. The van der Waals surface area contributed by atoms with Gasteiger partial charge >= 0.3 is 6.01 Å². The fraction of sp³-hybridized carbons (Fsp3) is 0.385. The van der Waals surface area contributed by atoms with Gasteiger partial charge in [-0.3, -0.25) is 0 Å². The molecule has 0 aliphatic heterocycles. The van der Waals surface area contributed by atoms with Gasteiger partial charge in [-0.05, 0) is 24.6 Å². The van der Waals surface area contributed by atoms with E-state index in [-0.39, 0.29) is 16.7 Å². The van der Waals surface area contributed by atoms with Crippen molar-refractivity contribution in [2.75, 3.05) is 11.9 Å². The van der Waals surface area contributed by atoms with Crippen LogP contribution in [0.1, 0.15) is 19.7 Å². The van der Waals surface area contributed by atoms with E-state index in [1.54, 1.807) is 12.1 Å². The lowest BCUT2D eigenvalue weighted by Gasteiger charge is -2.04. The van der Waals surface area contributed by atoms with Gasteiger partial charge in [-0.2, -0.15) is 0 Å². The third kappa shape index (κ3) is 3.91. The van der Waals surface area contributed by atoms with Crippen LogP contribution in [0, 0.1) is 11.7 Å². The summed E-state index contributed by atoms with van der Waals surface area (Å²) in [5, 5.41) is 13.6. The van der Waals surface area contributed by atoms with Crippen molar-refractivity contribution in [3.05, 3.63) is 34.9 Å². The molecule has 1 aromatic heterocycles. The molecule has 0 spiro atoms. The number of aromatic nitrogens is 2. The Labute approximate surface area is 121 Å². The van der Waals surface area contributed by atoms with Crippen molar-refractivity contribution in [1.29, 1.82) is 0 Å². The molecule has 2 aromatic rings. The predicted octanol–water partition coefficient (Wildman–Crippen LogP) is 3.35. The summed E-state index contributed by atoms with van der Waals surface area (Å²) in [6, 6.07) is 4.78. The monoisotopic (exact) mass is 298 g/mol. The number of halogens is 2. The van der Waals surface area contributed by atoms with Crippen molar-refractivity contribution in [2.24, 2.45) is 5.92 Å². The van der Waals surface area contributed by atoms with E-state index < -0.39 is 5.82 Å². The molecule has 5 nitrogen and oxygen atoms in total. The second-order valence-electron chi connectivity index (χ2n) is 4.75. The molecule has 108 valence electrons. The van der Waals surface area contributed by atoms with Gasteiger partial charge in [-0.15, -0.1) is 5.10 Å². The maximum atomic E-state index is 13.7. The van der Waals surface area contributed by atoms with Crippen molar-refractivity contribution in [3.63, 3.8) is 0 Å². The molecule has 0 amide bonds. The summed E-state index contributed by atoms with van der Waals surface area (Å²) in [4.78, 5) is 0. The SMILES string of the molecule is CC(C)CNCc1nnc(Nc2cccc(Cl)c2F)o1. The standard InChI is InChI=1S/C13H16ClFN4O/c1-8(2)6-16-7-11-18-19-13(20-11)17-10-5-3-4-9(14)12(10)15/h3-5,8,16H,6-7H2,1-2H3,(H,17,19). The van der Waals surface area contributed by atoms with E-state index in [9.17, 15) is 4.39 Å². The lowest BCUT2D eigenvalue weighted by Crippen LogP contribution is -2.19. The Morgan fingerprint density at radius 1 is 1.35 bits per heavy atom. The second-order valence-corrected chi connectivity index (χ2v) is 5.16. The first-order valence-corrected chi connectivity index (χ1v) is 6.68. The first-order valence-electron chi connectivity index (χ1n) is 6.30. The largest absolute Gasteiger partial charge is 0.406 e. The number of anilines is 2. The maximum Gasteiger partial charge on any atom is 0.320 e. The Kier molecular flexibility index (Phi) is 4.92. The highest BCUT2D eigenvalue weighted by Crippen LogP contribution is 2.24. The molecular formula is C13H16ClFN4O. The van der Waals surface area contributed by atoms with Crippen molar-refractivity contribution < 1.29 is 8.81 Å². The van der Waals surface area contributed by atoms with Gasteiger partial charge in [0.25, 0.3) is 0 Å². The van der Waals surface area contributed by atoms with Gasteiger partial charge < -0.3 is 15.1 Å². The van der Waals surface area contributed by atoms with E-state index in [1.165, 1.54) is 6.07 Å². The van der Waals surface area contributed by atoms with Crippen molar-refractivity contribution in [1.82, 2.24) is 15.5 Å². The van der Waals surface area contributed by atoms with Crippen LogP contribution in [-0.2, 0) is 6.54 Å². The summed E-state index contributed by atoms with van der Waals surface area (Å²) >= 11 is 5.69. The number of hydrogen-bond acceptors (Lipinski definition) is 5. The minimum absolute atomic E-state index is 0.0355. The van der Waals surface area contributed by atoms with Crippen LogP contribution in [0.4, 0.5) is 16.1 Å². The number of rotatable bonds is 6. The lowest BCUT2D eigenvalue weighted by atomic mass is 10.2. The highest BCUT2D eigenvalue weighted by molar-refractivity contribution is 6.31. The molecule has 1 heterocycles. The molecule has 2 rings (SSSR count). The molecule has 0 fully saturated rings. The third-order valence-electron chi connectivity index (χ3n) is 2.49. The molecule has 2 N–H and O–H groups in total. The van der Waals surface area contributed by atoms with Crippen LogP contribution in [0.3, 0.4) is 0 Å². The molecule has 0 radical (unpaired) electrons. The predicted molar refractivity (Wildman–Crippen MR) is 75.5 cm³/mol. The minimum Gasteiger partial charge on any atom is -0.406 e. The molecule has 0 saturated carbocycles. The molecule has 0 aliphatic carbocycles. The zero-order valence-corrected chi connectivity index (χ0v) is 12.0. The quantitative estimate of drug-likeness (QED) is 0.856. The molecule has 0 atom stereocenters. The van der Waals surface area contributed by atoms with Gasteiger partial charge in [-0.25, -0.2) is 4.39 Å². The summed E-state index contributed by atoms with van der Waals surface area (Å²) in [7, 11) is 0. The van der Waals surface area contributed by atoms with Crippen LogP contribution in [0.15, 0.2) is 22.6 Å². The molecule has 7 heteroatoms. The summed E-state index contributed by atoms with van der Waals surface area (Å²) in [5.41, 5.74) is 0.197.